The number of nitrogens with zero attached hydrogens (tertiary/aromatic N) is 3. The highest BCUT2D eigenvalue weighted by Crippen LogP contribution is 2.02. The number of primary amides is 1. The maximum Gasteiger partial charge on any atom is 0.234 e. The van der Waals surface area contributed by atoms with Crippen molar-refractivity contribution >= 4 is 5.91 Å². The molecule has 1 rings (SSSR count). The quantitative estimate of drug-likeness (QED) is 0.720. The highest BCUT2D eigenvalue weighted by molar-refractivity contribution is 5.79. The molecular formula is C9H16N4O. The standard InChI is InChI=1S/C9H16N4O/c1-7(9(10)14)13(3)6-8-11-4-5-12(8)2/h4-5,7H,6H2,1-3H3,(H2,10,14). The van der Waals surface area contributed by atoms with Crippen molar-refractivity contribution in [1.29, 1.82) is 0 Å². The Kier molecular flexibility index (Phi) is 3.24. The molecule has 1 aromatic heterocycles. The van der Waals surface area contributed by atoms with E-state index in [1.807, 2.05) is 29.8 Å². The Balaban J connectivity index is 2.61. The van der Waals surface area contributed by atoms with Crippen molar-refractivity contribution in [3.05, 3.63) is 18.2 Å². The third kappa shape index (κ3) is 2.32. The Morgan fingerprint density at radius 2 is 2.43 bits per heavy atom. The molecule has 0 saturated heterocycles. The first-order chi connectivity index (χ1) is 6.52. The predicted molar refractivity (Wildman–Crippen MR) is 53.3 cm³/mol. The van der Waals surface area contributed by atoms with Crippen LogP contribution in [0.15, 0.2) is 12.4 Å². The maximum absolute atomic E-state index is 10.9. The average molecular weight is 196 g/mol. The van der Waals surface area contributed by atoms with Crippen molar-refractivity contribution < 1.29 is 4.79 Å². The van der Waals surface area contributed by atoms with Gasteiger partial charge in [-0.05, 0) is 14.0 Å². The van der Waals surface area contributed by atoms with Gasteiger partial charge in [0.2, 0.25) is 5.91 Å². The molecule has 14 heavy (non-hydrogen) atoms. The van der Waals surface area contributed by atoms with Crippen LogP contribution in [0, 0.1) is 0 Å². The van der Waals surface area contributed by atoms with Gasteiger partial charge in [-0.1, -0.05) is 0 Å². The minimum Gasteiger partial charge on any atom is -0.368 e. The fourth-order valence-corrected chi connectivity index (χ4v) is 1.13. The lowest BCUT2D eigenvalue weighted by molar-refractivity contribution is -0.122. The predicted octanol–water partition coefficient (Wildman–Crippen LogP) is -0.274. The lowest BCUT2D eigenvalue weighted by atomic mass is 10.3. The first kappa shape index (κ1) is 10.7. The number of hydrogen-bond acceptors (Lipinski definition) is 3. The van der Waals surface area contributed by atoms with E-state index in [-0.39, 0.29) is 11.9 Å². The number of rotatable bonds is 4. The Labute approximate surface area is 83.5 Å². The molecule has 0 saturated carbocycles. The van der Waals surface area contributed by atoms with Crippen molar-refractivity contribution in [2.24, 2.45) is 12.8 Å². The van der Waals surface area contributed by atoms with Gasteiger partial charge in [-0.2, -0.15) is 0 Å². The van der Waals surface area contributed by atoms with Crippen LogP contribution in [0.3, 0.4) is 0 Å². The van der Waals surface area contributed by atoms with Crippen LogP contribution < -0.4 is 5.73 Å². The van der Waals surface area contributed by atoms with Crippen molar-refractivity contribution in [2.75, 3.05) is 7.05 Å². The van der Waals surface area contributed by atoms with Gasteiger partial charge in [-0.25, -0.2) is 4.98 Å². The van der Waals surface area contributed by atoms with Crippen molar-refractivity contribution in [3.63, 3.8) is 0 Å². The van der Waals surface area contributed by atoms with Crippen molar-refractivity contribution in [3.8, 4) is 0 Å². The maximum atomic E-state index is 10.9. The summed E-state index contributed by atoms with van der Waals surface area (Å²) >= 11 is 0. The second kappa shape index (κ2) is 4.23. The molecule has 0 radical (unpaired) electrons. The number of amides is 1. The van der Waals surface area contributed by atoms with Crippen LogP contribution in [0.4, 0.5) is 0 Å². The van der Waals surface area contributed by atoms with E-state index in [0.29, 0.717) is 6.54 Å². The van der Waals surface area contributed by atoms with E-state index in [4.69, 9.17) is 5.73 Å². The summed E-state index contributed by atoms with van der Waals surface area (Å²) in [6.45, 7) is 2.40. The molecule has 5 heteroatoms. The van der Waals surface area contributed by atoms with Gasteiger partial charge in [0, 0.05) is 19.4 Å². The molecule has 0 bridgehead atoms. The molecular weight excluding hydrogens is 180 g/mol. The van der Waals surface area contributed by atoms with E-state index in [2.05, 4.69) is 4.98 Å². The molecule has 0 spiro atoms. The summed E-state index contributed by atoms with van der Waals surface area (Å²) in [5.74, 6) is 0.599. The first-order valence-electron chi connectivity index (χ1n) is 4.48. The van der Waals surface area contributed by atoms with E-state index < -0.39 is 0 Å². The summed E-state index contributed by atoms with van der Waals surface area (Å²) in [5, 5.41) is 0. The van der Waals surface area contributed by atoms with E-state index in [9.17, 15) is 4.79 Å². The van der Waals surface area contributed by atoms with Crippen LogP contribution in [0.2, 0.25) is 0 Å². The fraction of sp³-hybridized carbons (Fsp3) is 0.556. The monoisotopic (exact) mass is 196 g/mol. The van der Waals surface area contributed by atoms with E-state index in [0.717, 1.165) is 5.82 Å². The number of hydrogen-bond donors (Lipinski definition) is 1. The molecule has 0 aliphatic carbocycles. The molecule has 1 unspecified atom stereocenters. The Hall–Kier alpha value is -1.36. The third-order valence-electron chi connectivity index (χ3n) is 2.38. The second-order valence-electron chi connectivity index (χ2n) is 3.45. The molecule has 1 amide bonds. The van der Waals surface area contributed by atoms with E-state index >= 15 is 0 Å². The topological polar surface area (TPSA) is 64.2 Å². The molecule has 2 N–H and O–H groups in total. The molecule has 0 fully saturated rings. The summed E-state index contributed by atoms with van der Waals surface area (Å²) in [5.41, 5.74) is 5.20. The summed E-state index contributed by atoms with van der Waals surface area (Å²) in [6.07, 6.45) is 3.61. The number of carbonyl (C=O) groups excluding carboxylic acids is 1. The van der Waals surface area contributed by atoms with Gasteiger partial charge in [-0.15, -0.1) is 0 Å². The van der Waals surface area contributed by atoms with Gasteiger partial charge in [0.05, 0.1) is 12.6 Å². The zero-order valence-corrected chi connectivity index (χ0v) is 8.77. The minimum atomic E-state index is -0.318. The lowest BCUT2D eigenvalue weighted by Gasteiger charge is -2.21. The number of nitrogens with two attached hydrogens (primary N) is 1. The zero-order chi connectivity index (χ0) is 10.7. The highest BCUT2D eigenvalue weighted by Gasteiger charge is 2.15. The van der Waals surface area contributed by atoms with Gasteiger partial charge < -0.3 is 10.3 Å². The van der Waals surface area contributed by atoms with Gasteiger partial charge >= 0.3 is 0 Å². The summed E-state index contributed by atoms with van der Waals surface area (Å²) in [7, 11) is 3.77. The number of aromatic nitrogens is 2. The normalized spacial score (nSPS) is 13.1. The van der Waals surface area contributed by atoms with Crippen LogP contribution in [0.25, 0.3) is 0 Å². The SMILES string of the molecule is CC(C(N)=O)N(C)Cc1nccn1C. The van der Waals surface area contributed by atoms with Gasteiger partial charge in [0.1, 0.15) is 5.82 Å². The van der Waals surface area contributed by atoms with Crippen molar-refractivity contribution in [2.45, 2.75) is 19.5 Å². The van der Waals surface area contributed by atoms with Gasteiger partial charge in [0.25, 0.3) is 0 Å². The van der Waals surface area contributed by atoms with Crippen molar-refractivity contribution in [1.82, 2.24) is 14.5 Å². The smallest absolute Gasteiger partial charge is 0.234 e. The average Bonchev–Trinajstić information content (AvgIpc) is 2.50. The van der Waals surface area contributed by atoms with Crippen LogP contribution in [0.1, 0.15) is 12.7 Å². The second-order valence-corrected chi connectivity index (χ2v) is 3.45. The summed E-state index contributed by atoms with van der Waals surface area (Å²) in [6, 6.07) is -0.272. The molecule has 0 aromatic carbocycles. The van der Waals surface area contributed by atoms with E-state index in [1.165, 1.54) is 0 Å². The first-order valence-corrected chi connectivity index (χ1v) is 4.48. The summed E-state index contributed by atoms with van der Waals surface area (Å²) in [4.78, 5) is 16.9. The molecule has 1 aromatic rings. The zero-order valence-electron chi connectivity index (χ0n) is 8.77. The Bertz CT molecular complexity index is 320. The van der Waals surface area contributed by atoms with Crippen LogP contribution >= 0.6 is 0 Å². The molecule has 78 valence electrons. The number of aryl methyl sites for hydroxylation is 1. The Morgan fingerprint density at radius 1 is 1.79 bits per heavy atom. The molecule has 0 aliphatic heterocycles. The van der Waals surface area contributed by atoms with Gasteiger partial charge in [-0.3, -0.25) is 9.69 Å². The molecule has 1 heterocycles. The third-order valence-corrected chi connectivity index (χ3v) is 2.38. The molecule has 0 aliphatic rings. The minimum absolute atomic E-state index is 0.272. The number of carbonyl (C=O) groups is 1. The summed E-state index contributed by atoms with van der Waals surface area (Å²) < 4.78 is 1.92. The molecule has 5 nitrogen and oxygen atoms in total. The fourth-order valence-electron chi connectivity index (χ4n) is 1.13. The highest BCUT2D eigenvalue weighted by atomic mass is 16.1. The number of likely N-dealkylation sites (N-methyl/N-ethyl adjacent to an activating group) is 1. The van der Waals surface area contributed by atoms with Gasteiger partial charge in [0.15, 0.2) is 0 Å². The van der Waals surface area contributed by atoms with Crippen LogP contribution in [0.5, 0.6) is 0 Å². The number of imidazole rings is 1. The van der Waals surface area contributed by atoms with Crippen LogP contribution in [-0.4, -0.2) is 33.4 Å². The lowest BCUT2D eigenvalue weighted by Crippen LogP contribution is -2.40. The largest absolute Gasteiger partial charge is 0.368 e. The van der Waals surface area contributed by atoms with E-state index in [1.54, 1.807) is 13.1 Å². The Morgan fingerprint density at radius 3 is 2.86 bits per heavy atom. The van der Waals surface area contributed by atoms with Crippen LogP contribution in [-0.2, 0) is 18.4 Å². The molecule has 1 atom stereocenters.